The number of nitrogens with zero attached hydrogens (tertiary/aromatic N) is 4. The van der Waals surface area contributed by atoms with Crippen LogP contribution in [0.5, 0.6) is 0 Å². The van der Waals surface area contributed by atoms with E-state index in [1.807, 2.05) is 11.3 Å². The van der Waals surface area contributed by atoms with Gasteiger partial charge in [-0.25, -0.2) is 15.0 Å². The molecule has 0 bridgehead atoms. The summed E-state index contributed by atoms with van der Waals surface area (Å²) >= 11 is 1.82. The highest BCUT2D eigenvalue weighted by Gasteiger charge is 2.26. The molecule has 0 amide bonds. The lowest BCUT2D eigenvalue weighted by Gasteiger charge is -2.25. The van der Waals surface area contributed by atoms with Crippen molar-refractivity contribution >= 4 is 16.5 Å². The highest BCUT2D eigenvalue weighted by atomic mass is 32.1. The van der Waals surface area contributed by atoms with Gasteiger partial charge in [0.05, 0.1) is 16.3 Å². The lowest BCUT2D eigenvalue weighted by Crippen LogP contribution is -2.29. The van der Waals surface area contributed by atoms with Crippen molar-refractivity contribution in [2.45, 2.75) is 57.8 Å². The predicted molar refractivity (Wildman–Crippen MR) is 121 cm³/mol. The summed E-state index contributed by atoms with van der Waals surface area (Å²) in [6.07, 6.45) is 12.7. The molecule has 2 aliphatic rings. The monoisotopic (exact) mass is 404 g/mol. The molecule has 1 saturated carbocycles. The summed E-state index contributed by atoms with van der Waals surface area (Å²) in [5, 5.41) is 1.15. The maximum Gasteiger partial charge on any atom is 0.186 e. The largest absolute Gasteiger partial charge is 0.348 e. The van der Waals surface area contributed by atoms with E-state index < -0.39 is 0 Å². The molecular weight excluding hydrogens is 376 g/mol. The fourth-order valence-electron chi connectivity index (χ4n) is 4.74. The maximum absolute atomic E-state index is 5.17. The van der Waals surface area contributed by atoms with Gasteiger partial charge in [-0.15, -0.1) is 0 Å². The zero-order valence-corrected chi connectivity index (χ0v) is 17.9. The van der Waals surface area contributed by atoms with Crippen LogP contribution in [0.2, 0.25) is 0 Å². The van der Waals surface area contributed by atoms with E-state index in [1.165, 1.54) is 66.5 Å². The number of aryl methyl sites for hydroxylation is 1. The molecule has 1 aliphatic carbocycles. The van der Waals surface area contributed by atoms with Crippen molar-refractivity contribution in [3.05, 3.63) is 47.9 Å². The van der Waals surface area contributed by atoms with Crippen LogP contribution >= 0.6 is 11.3 Å². The summed E-state index contributed by atoms with van der Waals surface area (Å²) in [6, 6.07) is 8.71. The summed E-state index contributed by atoms with van der Waals surface area (Å²) < 4.78 is 0. The van der Waals surface area contributed by atoms with E-state index >= 15 is 0 Å². The van der Waals surface area contributed by atoms with Gasteiger partial charge in [0.1, 0.15) is 6.33 Å². The number of benzene rings is 1. The summed E-state index contributed by atoms with van der Waals surface area (Å²) in [7, 11) is 0. The zero-order valence-electron chi connectivity index (χ0n) is 17.1. The molecule has 150 valence electrons. The molecule has 1 aromatic carbocycles. The Kier molecular flexibility index (Phi) is 5.32. The van der Waals surface area contributed by atoms with Crippen LogP contribution < -0.4 is 4.90 Å². The molecule has 0 spiro atoms. The Balaban J connectivity index is 1.64. The van der Waals surface area contributed by atoms with Crippen LogP contribution in [-0.2, 0) is 0 Å². The average molecular weight is 405 g/mol. The number of hydrogen-bond donors (Lipinski definition) is 0. The summed E-state index contributed by atoms with van der Waals surface area (Å²) in [4.78, 5) is 18.0. The third-order valence-electron chi connectivity index (χ3n) is 6.28. The van der Waals surface area contributed by atoms with E-state index in [0.29, 0.717) is 5.92 Å². The molecule has 2 fully saturated rings. The zero-order chi connectivity index (χ0) is 19.6. The molecule has 0 radical (unpaired) electrons. The topological polar surface area (TPSA) is 41.9 Å². The van der Waals surface area contributed by atoms with Gasteiger partial charge in [0, 0.05) is 30.4 Å². The van der Waals surface area contributed by atoms with Crippen LogP contribution in [0, 0.1) is 6.92 Å². The maximum atomic E-state index is 5.17. The van der Waals surface area contributed by atoms with Crippen LogP contribution in [-0.4, -0.2) is 28.0 Å². The first-order valence-electron chi connectivity index (χ1n) is 10.9. The van der Waals surface area contributed by atoms with E-state index in [1.54, 1.807) is 6.33 Å². The number of rotatable bonds is 4. The third kappa shape index (κ3) is 3.80. The fraction of sp³-hybridized carbons (Fsp3) is 0.458. The molecule has 4 nitrogen and oxygen atoms in total. The van der Waals surface area contributed by atoms with Crippen molar-refractivity contribution in [2.75, 3.05) is 18.0 Å². The minimum atomic E-state index is 0.581. The van der Waals surface area contributed by atoms with Crippen LogP contribution in [0.3, 0.4) is 0 Å². The van der Waals surface area contributed by atoms with Gasteiger partial charge in [0.2, 0.25) is 0 Å². The third-order valence-corrected chi connectivity index (χ3v) is 7.41. The molecule has 5 heteroatoms. The molecule has 29 heavy (non-hydrogen) atoms. The van der Waals surface area contributed by atoms with Gasteiger partial charge in [0.25, 0.3) is 0 Å². The van der Waals surface area contributed by atoms with Crippen LogP contribution in [0.15, 0.2) is 36.8 Å². The number of piperidine rings is 1. The number of anilines is 1. The number of hydrogen-bond acceptors (Lipinski definition) is 5. The van der Waals surface area contributed by atoms with E-state index in [-0.39, 0.29) is 0 Å². The minimum Gasteiger partial charge on any atom is -0.348 e. The highest BCUT2D eigenvalue weighted by Crippen LogP contribution is 2.45. The normalized spacial score (nSPS) is 17.8. The Bertz CT molecular complexity index is 984. The van der Waals surface area contributed by atoms with E-state index in [9.17, 15) is 0 Å². The van der Waals surface area contributed by atoms with Gasteiger partial charge in [-0.3, -0.25) is 0 Å². The molecule has 0 N–H and O–H groups in total. The molecule has 1 saturated heterocycles. The second kappa shape index (κ2) is 8.23. The smallest absolute Gasteiger partial charge is 0.186 e. The van der Waals surface area contributed by atoms with Gasteiger partial charge in [-0.2, -0.15) is 0 Å². The van der Waals surface area contributed by atoms with Crippen molar-refractivity contribution in [1.82, 2.24) is 15.0 Å². The summed E-state index contributed by atoms with van der Waals surface area (Å²) in [5.41, 5.74) is 5.95. The van der Waals surface area contributed by atoms with Gasteiger partial charge >= 0.3 is 0 Å². The van der Waals surface area contributed by atoms with Crippen molar-refractivity contribution < 1.29 is 0 Å². The molecule has 0 atom stereocenters. The predicted octanol–water partition coefficient (Wildman–Crippen LogP) is 6.22. The molecule has 3 aromatic rings. The Morgan fingerprint density at radius 3 is 2.62 bits per heavy atom. The Labute approximate surface area is 177 Å². The summed E-state index contributed by atoms with van der Waals surface area (Å²) in [6.45, 7) is 4.37. The van der Waals surface area contributed by atoms with E-state index in [4.69, 9.17) is 9.97 Å². The van der Waals surface area contributed by atoms with Gasteiger partial charge < -0.3 is 4.90 Å². The first-order chi connectivity index (χ1) is 14.3. The fourth-order valence-corrected chi connectivity index (χ4v) is 5.90. The lowest BCUT2D eigenvalue weighted by atomic mass is 9.96. The quantitative estimate of drug-likeness (QED) is 0.517. The van der Waals surface area contributed by atoms with Gasteiger partial charge in [0.15, 0.2) is 5.13 Å². The molecule has 0 unspecified atom stereocenters. The van der Waals surface area contributed by atoms with Gasteiger partial charge in [-0.1, -0.05) is 47.9 Å². The molecular formula is C24H28N4S. The standard InChI is InChI=1S/C24H28N4S/c1-17-8-7-11-19(14-17)21-23(29-24(27-21)28-12-5-2-6-13-28)22-20(15-25-16-26-22)18-9-3-4-10-18/h7-8,11,14-16,18H,2-6,9-10,12-13H2,1H3. The molecule has 3 heterocycles. The van der Waals surface area contributed by atoms with Crippen LogP contribution in [0.4, 0.5) is 5.13 Å². The Morgan fingerprint density at radius 1 is 1.00 bits per heavy atom. The first-order valence-corrected chi connectivity index (χ1v) is 11.7. The molecule has 1 aliphatic heterocycles. The molecule has 2 aromatic heterocycles. The Morgan fingerprint density at radius 2 is 1.83 bits per heavy atom. The average Bonchev–Trinajstić information content (AvgIpc) is 3.45. The summed E-state index contributed by atoms with van der Waals surface area (Å²) in [5.74, 6) is 0.581. The first kappa shape index (κ1) is 18.7. The van der Waals surface area contributed by atoms with E-state index in [2.05, 4.69) is 47.3 Å². The minimum absolute atomic E-state index is 0.581. The van der Waals surface area contributed by atoms with Crippen molar-refractivity contribution in [2.24, 2.45) is 0 Å². The van der Waals surface area contributed by atoms with Gasteiger partial charge in [-0.05, 0) is 51.0 Å². The van der Waals surface area contributed by atoms with E-state index in [0.717, 1.165) is 29.6 Å². The van der Waals surface area contributed by atoms with Crippen molar-refractivity contribution in [3.63, 3.8) is 0 Å². The SMILES string of the molecule is Cc1cccc(-c2nc(N3CCCCC3)sc2-c2ncncc2C2CCCC2)c1. The lowest BCUT2D eigenvalue weighted by molar-refractivity contribution is 0.577. The van der Waals surface area contributed by atoms with Crippen molar-refractivity contribution in [3.8, 4) is 21.8 Å². The van der Waals surface area contributed by atoms with Crippen molar-refractivity contribution in [1.29, 1.82) is 0 Å². The molecule has 5 rings (SSSR count). The van der Waals surface area contributed by atoms with Crippen LogP contribution in [0.25, 0.3) is 21.8 Å². The second-order valence-electron chi connectivity index (χ2n) is 8.40. The highest BCUT2D eigenvalue weighted by molar-refractivity contribution is 7.19. The second-order valence-corrected chi connectivity index (χ2v) is 9.38. The number of thiazole rings is 1. The Hall–Kier alpha value is -2.27. The van der Waals surface area contributed by atoms with Crippen LogP contribution in [0.1, 0.15) is 62.0 Å². The number of aromatic nitrogens is 3.